The van der Waals surface area contributed by atoms with Crippen molar-refractivity contribution in [2.45, 2.75) is 75.8 Å². The molecule has 3 aliphatic rings. The minimum absolute atomic E-state index is 0.0000422. The van der Waals surface area contributed by atoms with Crippen LogP contribution in [0.25, 0.3) is 0 Å². The molecule has 1 saturated carbocycles. The number of fused-ring (bicyclic) bond motifs is 1. The monoisotopic (exact) mass is 465 g/mol. The van der Waals surface area contributed by atoms with Crippen LogP contribution >= 0.6 is 0 Å². The quantitative estimate of drug-likeness (QED) is 0.537. The van der Waals surface area contributed by atoms with E-state index < -0.39 is 0 Å². The van der Waals surface area contributed by atoms with Gasteiger partial charge in [0.1, 0.15) is 5.75 Å². The van der Waals surface area contributed by atoms with Crippen molar-refractivity contribution in [2.24, 2.45) is 5.92 Å². The number of aromatic hydroxyl groups is 1. The SMILES string of the molecule is COC(OC)C1CCN(c2ccc([C@@H]3c4ccc(O)cc4[C@@H](C)OC34CCCCC4)cc2)CC1. The fraction of sp³-hybridized carbons (Fsp3) is 0.586. The van der Waals surface area contributed by atoms with Crippen LogP contribution in [-0.2, 0) is 14.2 Å². The molecule has 0 bridgehead atoms. The van der Waals surface area contributed by atoms with Crippen molar-refractivity contribution in [3.63, 3.8) is 0 Å². The molecular formula is C29H39NO4. The van der Waals surface area contributed by atoms with Crippen LogP contribution in [0.5, 0.6) is 5.75 Å². The zero-order valence-corrected chi connectivity index (χ0v) is 20.8. The average Bonchev–Trinajstić information content (AvgIpc) is 2.87. The molecule has 0 unspecified atom stereocenters. The molecule has 5 nitrogen and oxygen atoms in total. The Morgan fingerprint density at radius 1 is 0.941 bits per heavy atom. The molecule has 1 spiro atoms. The van der Waals surface area contributed by atoms with E-state index in [1.54, 1.807) is 14.2 Å². The fourth-order valence-electron chi connectivity index (χ4n) is 6.77. The summed E-state index contributed by atoms with van der Waals surface area (Å²) in [6.07, 6.45) is 7.95. The van der Waals surface area contributed by atoms with Gasteiger partial charge in [-0.05, 0) is 73.6 Å². The Bertz CT molecular complexity index is 957. The normalized spacial score (nSPS) is 25.0. The van der Waals surface area contributed by atoms with Gasteiger partial charge in [-0.3, -0.25) is 0 Å². The Kier molecular flexibility index (Phi) is 6.88. The van der Waals surface area contributed by atoms with E-state index in [1.165, 1.54) is 36.1 Å². The van der Waals surface area contributed by atoms with E-state index in [9.17, 15) is 5.11 Å². The average molecular weight is 466 g/mol. The molecule has 1 N–H and O–H groups in total. The smallest absolute Gasteiger partial charge is 0.159 e. The molecular weight excluding hydrogens is 426 g/mol. The maximum absolute atomic E-state index is 10.2. The van der Waals surface area contributed by atoms with Gasteiger partial charge in [0.2, 0.25) is 0 Å². The van der Waals surface area contributed by atoms with Gasteiger partial charge in [-0.25, -0.2) is 0 Å². The molecule has 1 aliphatic carbocycles. The van der Waals surface area contributed by atoms with Crippen molar-refractivity contribution in [2.75, 3.05) is 32.2 Å². The summed E-state index contributed by atoms with van der Waals surface area (Å²) in [5.41, 5.74) is 4.88. The minimum Gasteiger partial charge on any atom is -0.508 e. The van der Waals surface area contributed by atoms with Crippen LogP contribution in [0.2, 0.25) is 0 Å². The molecule has 2 atom stereocenters. The van der Waals surface area contributed by atoms with Gasteiger partial charge in [-0.1, -0.05) is 37.5 Å². The summed E-state index contributed by atoms with van der Waals surface area (Å²) in [6.45, 7) is 4.17. The van der Waals surface area contributed by atoms with Gasteiger partial charge in [0.15, 0.2) is 6.29 Å². The summed E-state index contributed by atoms with van der Waals surface area (Å²) in [6, 6.07) is 15.1. The van der Waals surface area contributed by atoms with E-state index in [4.69, 9.17) is 14.2 Å². The molecule has 0 amide bonds. The van der Waals surface area contributed by atoms with Crippen molar-refractivity contribution in [3.05, 3.63) is 59.2 Å². The van der Waals surface area contributed by atoms with Crippen molar-refractivity contribution in [1.29, 1.82) is 0 Å². The Labute approximate surface area is 204 Å². The van der Waals surface area contributed by atoms with Crippen LogP contribution < -0.4 is 4.90 Å². The first-order chi connectivity index (χ1) is 16.5. The molecule has 184 valence electrons. The lowest BCUT2D eigenvalue weighted by Crippen LogP contribution is -2.46. The van der Waals surface area contributed by atoms with Gasteiger partial charge in [0.05, 0.1) is 11.7 Å². The summed E-state index contributed by atoms with van der Waals surface area (Å²) < 4.78 is 17.8. The summed E-state index contributed by atoms with van der Waals surface area (Å²) in [5, 5.41) is 10.2. The summed E-state index contributed by atoms with van der Waals surface area (Å²) in [4.78, 5) is 2.48. The summed E-state index contributed by atoms with van der Waals surface area (Å²) >= 11 is 0. The number of phenols is 1. The van der Waals surface area contributed by atoms with Crippen LogP contribution in [0, 0.1) is 5.92 Å². The van der Waals surface area contributed by atoms with E-state index in [1.807, 2.05) is 12.1 Å². The molecule has 2 aliphatic heterocycles. The molecule has 0 aromatic heterocycles. The van der Waals surface area contributed by atoms with Crippen molar-refractivity contribution in [1.82, 2.24) is 0 Å². The standard InChI is InChI=1S/C29H39NO4/c1-20-26-19-24(31)11-12-25(26)27(29(34-20)15-5-4-6-16-29)21-7-9-23(10-8-21)30-17-13-22(14-18-30)28(32-2)33-3/h7-12,19-20,22,27-28,31H,4-6,13-18H2,1-3H3/t20-,27-/m1/s1. The van der Waals surface area contributed by atoms with Crippen molar-refractivity contribution in [3.8, 4) is 5.75 Å². The Hall–Kier alpha value is -2.08. The van der Waals surface area contributed by atoms with Gasteiger partial charge in [0, 0.05) is 44.8 Å². The summed E-state index contributed by atoms with van der Waals surface area (Å²) in [7, 11) is 3.46. The first-order valence-corrected chi connectivity index (χ1v) is 13.0. The number of phenolic OH excluding ortho intramolecular Hbond substituents is 1. The number of rotatable bonds is 5. The predicted molar refractivity (Wildman–Crippen MR) is 134 cm³/mol. The van der Waals surface area contributed by atoms with Gasteiger partial charge in [0.25, 0.3) is 0 Å². The molecule has 1 saturated heterocycles. The highest BCUT2D eigenvalue weighted by molar-refractivity contribution is 5.52. The lowest BCUT2D eigenvalue weighted by Gasteiger charge is -2.50. The number of anilines is 1. The third-order valence-electron chi connectivity index (χ3n) is 8.44. The summed E-state index contributed by atoms with van der Waals surface area (Å²) in [5.74, 6) is 0.963. The third-order valence-corrected chi connectivity index (χ3v) is 8.44. The Morgan fingerprint density at radius 3 is 2.26 bits per heavy atom. The van der Waals surface area contributed by atoms with Crippen LogP contribution in [0.3, 0.4) is 0 Å². The second kappa shape index (κ2) is 9.88. The van der Waals surface area contributed by atoms with Gasteiger partial charge < -0.3 is 24.2 Å². The highest BCUT2D eigenvalue weighted by Crippen LogP contribution is 2.54. The second-order valence-corrected chi connectivity index (χ2v) is 10.4. The molecule has 5 heteroatoms. The lowest BCUT2D eigenvalue weighted by molar-refractivity contribution is -0.141. The van der Waals surface area contributed by atoms with E-state index in [-0.39, 0.29) is 23.9 Å². The maximum Gasteiger partial charge on any atom is 0.159 e. The predicted octanol–water partition coefficient (Wildman–Crippen LogP) is 6.15. The highest BCUT2D eigenvalue weighted by atomic mass is 16.7. The molecule has 2 aromatic carbocycles. The van der Waals surface area contributed by atoms with Crippen LogP contribution in [0.1, 0.15) is 80.6 Å². The highest BCUT2D eigenvalue weighted by Gasteiger charge is 2.48. The van der Waals surface area contributed by atoms with Crippen LogP contribution in [0.4, 0.5) is 5.69 Å². The van der Waals surface area contributed by atoms with Crippen LogP contribution in [-0.4, -0.2) is 44.3 Å². The third kappa shape index (κ3) is 4.34. The molecule has 0 radical (unpaired) electrons. The largest absolute Gasteiger partial charge is 0.508 e. The number of piperidine rings is 1. The zero-order valence-electron chi connectivity index (χ0n) is 20.8. The van der Waals surface area contributed by atoms with E-state index in [0.29, 0.717) is 11.7 Å². The number of benzene rings is 2. The fourth-order valence-corrected chi connectivity index (χ4v) is 6.77. The van der Waals surface area contributed by atoms with E-state index in [0.717, 1.165) is 44.3 Å². The van der Waals surface area contributed by atoms with E-state index in [2.05, 4.69) is 42.2 Å². The van der Waals surface area contributed by atoms with Crippen LogP contribution in [0.15, 0.2) is 42.5 Å². The first kappa shape index (κ1) is 23.7. The maximum atomic E-state index is 10.2. The number of nitrogens with zero attached hydrogens (tertiary/aromatic N) is 1. The second-order valence-electron chi connectivity index (χ2n) is 10.4. The minimum atomic E-state index is -0.156. The molecule has 2 aromatic rings. The van der Waals surface area contributed by atoms with Gasteiger partial charge in [-0.2, -0.15) is 0 Å². The van der Waals surface area contributed by atoms with Gasteiger partial charge >= 0.3 is 0 Å². The number of ether oxygens (including phenoxy) is 3. The lowest BCUT2D eigenvalue weighted by atomic mass is 9.67. The topological polar surface area (TPSA) is 51.2 Å². The Morgan fingerprint density at radius 2 is 1.62 bits per heavy atom. The number of hydrogen-bond donors (Lipinski definition) is 1. The molecule has 2 fully saturated rings. The van der Waals surface area contributed by atoms with Crippen molar-refractivity contribution < 1.29 is 19.3 Å². The first-order valence-electron chi connectivity index (χ1n) is 13.0. The Balaban J connectivity index is 1.41. The number of hydrogen-bond acceptors (Lipinski definition) is 5. The number of methoxy groups -OCH3 is 2. The van der Waals surface area contributed by atoms with Gasteiger partial charge in [-0.15, -0.1) is 0 Å². The molecule has 5 rings (SSSR count). The zero-order chi connectivity index (χ0) is 23.7. The van der Waals surface area contributed by atoms with Crippen molar-refractivity contribution >= 4 is 5.69 Å². The molecule has 2 heterocycles. The van der Waals surface area contributed by atoms with E-state index >= 15 is 0 Å². The molecule has 34 heavy (non-hydrogen) atoms.